The number of carbonyl (C=O) groups excluding carboxylic acids is 3. The van der Waals surface area contributed by atoms with E-state index in [2.05, 4.69) is 30.9 Å². The van der Waals surface area contributed by atoms with Crippen LogP contribution in [-0.2, 0) is 32.0 Å². The van der Waals surface area contributed by atoms with Gasteiger partial charge in [0.2, 0.25) is 17.7 Å². The highest BCUT2D eigenvalue weighted by Crippen LogP contribution is 2.19. The van der Waals surface area contributed by atoms with E-state index in [0.717, 1.165) is 10.9 Å². The number of nitrogens with one attached hydrogen (secondary N) is 5. The lowest BCUT2D eigenvalue weighted by Crippen LogP contribution is -2.58. The van der Waals surface area contributed by atoms with Gasteiger partial charge in [-0.1, -0.05) is 18.2 Å². The summed E-state index contributed by atoms with van der Waals surface area (Å²) in [6.45, 7) is -0.369. The molecule has 3 rings (SSSR count). The number of carboxylic acids is 1. The van der Waals surface area contributed by atoms with Gasteiger partial charge in [0, 0.05) is 41.8 Å². The molecule has 0 aliphatic rings. The Hall–Kier alpha value is -4.27. The smallest absolute Gasteiger partial charge is 0.326 e. The van der Waals surface area contributed by atoms with Crippen LogP contribution in [0.2, 0.25) is 0 Å². The molecule has 4 atom stereocenters. The van der Waals surface area contributed by atoms with Crippen LogP contribution in [0.5, 0.6) is 0 Å². The standard InChI is InChI=1S/C26H36N8O6/c27-8-4-3-7-20(26(39)40)32-24(37)21(9-15-11-30-19-6-2-1-5-17(15)19)33-25(38)22(13-35)34-23(36)18(28)10-16-12-29-14-31-16/h1-2,5-6,11-12,14,18,20-22,30,35H,3-4,7-10,13,27-28H2,(H,29,31)(H,32,37)(H,33,38)(H,34,36)(H,39,40). The number of nitrogens with zero attached hydrogens (tertiary/aromatic N) is 1. The van der Waals surface area contributed by atoms with E-state index in [-0.39, 0.29) is 19.3 Å². The Morgan fingerprint density at radius 1 is 0.925 bits per heavy atom. The van der Waals surface area contributed by atoms with E-state index in [1.54, 1.807) is 6.20 Å². The van der Waals surface area contributed by atoms with Gasteiger partial charge >= 0.3 is 5.97 Å². The Morgan fingerprint density at radius 3 is 2.30 bits per heavy atom. The summed E-state index contributed by atoms with van der Waals surface area (Å²) in [7, 11) is 0. The number of aliphatic hydroxyl groups excluding tert-OH is 1. The summed E-state index contributed by atoms with van der Waals surface area (Å²) in [6, 6.07) is 2.55. The van der Waals surface area contributed by atoms with Crippen molar-refractivity contribution in [3.8, 4) is 0 Å². The molecular weight excluding hydrogens is 520 g/mol. The van der Waals surface area contributed by atoms with Gasteiger partial charge in [-0.05, 0) is 37.4 Å². The zero-order valence-electron chi connectivity index (χ0n) is 21.9. The number of amides is 3. The number of nitrogens with two attached hydrogens (primary N) is 2. The molecule has 11 N–H and O–H groups in total. The lowest BCUT2D eigenvalue weighted by atomic mass is 10.0. The number of carboxylic acid groups (broad SMARTS) is 1. The van der Waals surface area contributed by atoms with Crippen LogP contribution in [0.4, 0.5) is 0 Å². The fourth-order valence-corrected chi connectivity index (χ4v) is 4.22. The van der Waals surface area contributed by atoms with Gasteiger partial charge in [0.05, 0.1) is 19.0 Å². The number of aliphatic carboxylic acids is 1. The second-order valence-corrected chi connectivity index (χ2v) is 9.44. The van der Waals surface area contributed by atoms with Crippen LogP contribution < -0.4 is 27.4 Å². The molecular formula is C26H36N8O6. The van der Waals surface area contributed by atoms with Gasteiger partial charge in [-0.2, -0.15) is 0 Å². The van der Waals surface area contributed by atoms with Gasteiger partial charge in [0.15, 0.2) is 0 Å². The highest BCUT2D eigenvalue weighted by molar-refractivity contribution is 5.95. The van der Waals surface area contributed by atoms with E-state index in [1.165, 1.54) is 12.5 Å². The minimum absolute atomic E-state index is 0.0160. The number of aromatic nitrogens is 3. The second kappa shape index (κ2) is 14.8. The van der Waals surface area contributed by atoms with Gasteiger partial charge in [-0.25, -0.2) is 9.78 Å². The highest BCUT2D eigenvalue weighted by atomic mass is 16.4. The first-order chi connectivity index (χ1) is 19.2. The van der Waals surface area contributed by atoms with Crippen LogP contribution in [0.1, 0.15) is 30.5 Å². The summed E-state index contributed by atoms with van der Waals surface area (Å²) in [5.41, 5.74) is 13.6. The molecule has 0 aliphatic heterocycles. The fraction of sp³-hybridized carbons (Fsp3) is 0.423. The Bertz CT molecular complexity index is 1280. The Balaban J connectivity index is 1.75. The van der Waals surface area contributed by atoms with E-state index >= 15 is 0 Å². The molecule has 216 valence electrons. The molecule has 0 saturated heterocycles. The van der Waals surface area contributed by atoms with Crippen LogP contribution >= 0.6 is 0 Å². The van der Waals surface area contributed by atoms with Crippen LogP contribution in [-0.4, -0.2) is 86.2 Å². The predicted molar refractivity (Wildman–Crippen MR) is 146 cm³/mol. The molecule has 3 amide bonds. The van der Waals surface area contributed by atoms with Crippen molar-refractivity contribution in [3.63, 3.8) is 0 Å². The summed E-state index contributed by atoms with van der Waals surface area (Å²) in [5, 5.41) is 27.7. The zero-order valence-corrected chi connectivity index (χ0v) is 21.9. The van der Waals surface area contributed by atoms with Gasteiger partial charge in [0.25, 0.3) is 0 Å². The van der Waals surface area contributed by atoms with Crippen molar-refractivity contribution in [2.24, 2.45) is 11.5 Å². The van der Waals surface area contributed by atoms with E-state index in [9.17, 15) is 29.4 Å². The number of para-hydroxylation sites is 1. The molecule has 0 radical (unpaired) electrons. The average Bonchev–Trinajstić information content (AvgIpc) is 3.60. The summed E-state index contributed by atoms with van der Waals surface area (Å²) in [5.74, 6) is -3.46. The van der Waals surface area contributed by atoms with Gasteiger partial charge in [0.1, 0.15) is 18.1 Å². The van der Waals surface area contributed by atoms with Crippen molar-refractivity contribution in [3.05, 3.63) is 54.2 Å². The molecule has 14 heteroatoms. The van der Waals surface area contributed by atoms with Crippen molar-refractivity contribution in [1.29, 1.82) is 0 Å². The normalized spacial score (nSPS) is 14.2. The molecule has 0 spiro atoms. The van der Waals surface area contributed by atoms with Crippen LogP contribution in [0.25, 0.3) is 10.9 Å². The van der Waals surface area contributed by atoms with E-state index < -0.39 is 54.5 Å². The molecule has 14 nitrogen and oxygen atoms in total. The summed E-state index contributed by atoms with van der Waals surface area (Å²) < 4.78 is 0. The lowest BCUT2D eigenvalue weighted by Gasteiger charge is -2.24. The SMILES string of the molecule is NCCCCC(NC(=O)C(Cc1c[nH]c2ccccc12)NC(=O)C(CO)NC(=O)C(N)Cc1cnc[nH]1)C(=O)O. The molecule has 0 bridgehead atoms. The highest BCUT2D eigenvalue weighted by Gasteiger charge is 2.30. The fourth-order valence-electron chi connectivity index (χ4n) is 4.22. The maximum absolute atomic E-state index is 13.3. The lowest BCUT2D eigenvalue weighted by molar-refractivity contribution is -0.142. The maximum atomic E-state index is 13.3. The van der Waals surface area contributed by atoms with Crippen molar-refractivity contribution in [2.75, 3.05) is 13.2 Å². The van der Waals surface area contributed by atoms with Crippen LogP contribution in [0.3, 0.4) is 0 Å². The summed E-state index contributed by atoms with van der Waals surface area (Å²) >= 11 is 0. The Morgan fingerprint density at radius 2 is 1.62 bits per heavy atom. The first-order valence-electron chi connectivity index (χ1n) is 13.0. The number of fused-ring (bicyclic) bond motifs is 1. The minimum atomic E-state index is -1.40. The number of unbranched alkanes of at least 4 members (excludes halogenated alkanes) is 1. The zero-order chi connectivity index (χ0) is 29.1. The number of aliphatic hydroxyl groups is 1. The first kappa shape index (κ1) is 30.3. The van der Waals surface area contributed by atoms with Crippen molar-refractivity contribution >= 4 is 34.6 Å². The number of hydrogen-bond acceptors (Lipinski definition) is 8. The Labute approximate surface area is 230 Å². The third-order valence-corrected chi connectivity index (χ3v) is 6.44. The number of hydrogen-bond donors (Lipinski definition) is 9. The van der Waals surface area contributed by atoms with Crippen LogP contribution in [0, 0.1) is 0 Å². The average molecular weight is 557 g/mol. The number of carbonyl (C=O) groups is 4. The number of benzene rings is 1. The Kier molecular flexibility index (Phi) is 11.2. The number of imidazole rings is 1. The molecule has 0 fully saturated rings. The topological polar surface area (TPSA) is 241 Å². The number of H-pyrrole nitrogens is 2. The largest absolute Gasteiger partial charge is 0.480 e. The quantitative estimate of drug-likeness (QED) is 0.0947. The molecule has 1 aromatic carbocycles. The van der Waals surface area contributed by atoms with E-state index in [4.69, 9.17) is 11.5 Å². The first-order valence-corrected chi connectivity index (χ1v) is 13.0. The summed E-state index contributed by atoms with van der Waals surface area (Å²) in [6.07, 6.45) is 6.04. The second-order valence-electron chi connectivity index (χ2n) is 9.44. The molecule has 2 heterocycles. The van der Waals surface area contributed by atoms with E-state index in [0.29, 0.717) is 30.6 Å². The molecule has 2 aromatic heterocycles. The van der Waals surface area contributed by atoms with Gasteiger partial charge < -0.3 is 47.6 Å². The van der Waals surface area contributed by atoms with Gasteiger partial charge in [-0.15, -0.1) is 0 Å². The maximum Gasteiger partial charge on any atom is 0.326 e. The van der Waals surface area contributed by atoms with Gasteiger partial charge in [-0.3, -0.25) is 14.4 Å². The molecule has 4 unspecified atom stereocenters. The third kappa shape index (κ3) is 8.36. The summed E-state index contributed by atoms with van der Waals surface area (Å²) in [4.78, 5) is 60.6. The molecule has 3 aromatic rings. The third-order valence-electron chi connectivity index (χ3n) is 6.44. The van der Waals surface area contributed by atoms with Crippen LogP contribution in [0.15, 0.2) is 43.0 Å². The van der Waals surface area contributed by atoms with Crippen molar-refractivity contribution in [1.82, 2.24) is 30.9 Å². The molecule has 0 saturated carbocycles. The monoisotopic (exact) mass is 556 g/mol. The predicted octanol–water partition coefficient (Wildman–Crippen LogP) is -1.34. The molecule has 0 aliphatic carbocycles. The van der Waals surface area contributed by atoms with E-state index in [1.807, 2.05) is 24.3 Å². The molecule has 40 heavy (non-hydrogen) atoms. The number of aromatic amines is 2. The number of rotatable bonds is 16. The van der Waals surface area contributed by atoms with Crippen molar-refractivity contribution < 1.29 is 29.4 Å². The van der Waals surface area contributed by atoms with Crippen molar-refractivity contribution in [2.45, 2.75) is 56.3 Å². The minimum Gasteiger partial charge on any atom is -0.480 e.